The molecule has 1 unspecified atom stereocenters. The smallest absolute Gasteiger partial charge is 0.193 e. The van der Waals surface area contributed by atoms with Crippen LogP contribution in [-0.4, -0.2) is 61.6 Å². The summed E-state index contributed by atoms with van der Waals surface area (Å²) in [7, 11) is 0. The molecule has 1 N–H and O–H groups in total. The summed E-state index contributed by atoms with van der Waals surface area (Å²) in [6.07, 6.45) is 3.95. The maximum atomic E-state index is 4.85. The van der Waals surface area contributed by atoms with E-state index in [9.17, 15) is 0 Å². The Hall–Kier alpha value is -0.770. The quantitative estimate of drug-likeness (QED) is 0.606. The number of guanidine groups is 1. The first kappa shape index (κ1) is 13.7. The largest absolute Gasteiger partial charge is 0.357 e. The van der Waals surface area contributed by atoms with Gasteiger partial charge in [0.25, 0.3) is 0 Å². The van der Waals surface area contributed by atoms with E-state index in [0.29, 0.717) is 0 Å². The van der Waals surface area contributed by atoms with Crippen molar-refractivity contribution in [2.75, 3.05) is 45.8 Å². The van der Waals surface area contributed by atoms with E-state index in [1.165, 1.54) is 52.0 Å². The second kappa shape index (κ2) is 6.98. The predicted molar refractivity (Wildman–Crippen MR) is 77.0 cm³/mol. The number of rotatable bonds is 4. The van der Waals surface area contributed by atoms with Gasteiger partial charge in [-0.05, 0) is 45.2 Å². The molecule has 4 heteroatoms. The second-order valence-electron chi connectivity index (χ2n) is 5.44. The molecule has 0 saturated carbocycles. The third kappa shape index (κ3) is 3.61. The Balaban J connectivity index is 1.84. The summed E-state index contributed by atoms with van der Waals surface area (Å²) < 4.78 is 0. The van der Waals surface area contributed by atoms with E-state index in [1.54, 1.807) is 0 Å². The fourth-order valence-corrected chi connectivity index (χ4v) is 2.92. The summed E-state index contributed by atoms with van der Waals surface area (Å²) in [4.78, 5) is 9.79. The number of hydrogen-bond acceptors (Lipinski definition) is 2. The minimum absolute atomic E-state index is 0.765. The van der Waals surface area contributed by atoms with Gasteiger partial charge in [-0.1, -0.05) is 6.92 Å². The van der Waals surface area contributed by atoms with E-state index >= 15 is 0 Å². The first-order chi connectivity index (χ1) is 8.83. The predicted octanol–water partition coefficient (Wildman–Crippen LogP) is 1.39. The van der Waals surface area contributed by atoms with Crippen LogP contribution in [-0.2, 0) is 0 Å². The molecule has 0 aromatic heterocycles. The van der Waals surface area contributed by atoms with Crippen LogP contribution >= 0.6 is 0 Å². The van der Waals surface area contributed by atoms with Gasteiger partial charge in [-0.3, -0.25) is 4.99 Å². The normalized spacial score (nSPS) is 26.0. The van der Waals surface area contributed by atoms with E-state index in [1.807, 2.05) is 0 Å². The van der Waals surface area contributed by atoms with Gasteiger partial charge in [0.1, 0.15) is 0 Å². The molecule has 0 aliphatic carbocycles. The van der Waals surface area contributed by atoms with Crippen molar-refractivity contribution >= 4 is 5.96 Å². The summed E-state index contributed by atoms with van der Waals surface area (Å²) in [6, 6.07) is 0. The molecule has 2 aliphatic rings. The zero-order valence-corrected chi connectivity index (χ0v) is 12.0. The van der Waals surface area contributed by atoms with Gasteiger partial charge in [0, 0.05) is 32.7 Å². The van der Waals surface area contributed by atoms with Crippen LogP contribution in [0.1, 0.15) is 33.1 Å². The Bertz CT molecular complexity index is 271. The molecule has 0 radical (unpaired) electrons. The fourth-order valence-electron chi connectivity index (χ4n) is 2.92. The summed E-state index contributed by atoms with van der Waals surface area (Å²) in [5.74, 6) is 1.91. The van der Waals surface area contributed by atoms with Gasteiger partial charge < -0.3 is 15.1 Å². The van der Waals surface area contributed by atoms with E-state index in [4.69, 9.17) is 4.99 Å². The Morgan fingerprint density at radius 2 is 2.00 bits per heavy atom. The van der Waals surface area contributed by atoms with Crippen molar-refractivity contribution in [3.05, 3.63) is 0 Å². The van der Waals surface area contributed by atoms with Gasteiger partial charge in [0.2, 0.25) is 0 Å². The fraction of sp³-hybridized carbons (Fsp3) is 0.929. The summed E-state index contributed by atoms with van der Waals surface area (Å²) in [5, 5.41) is 3.44. The molecule has 0 aromatic rings. The van der Waals surface area contributed by atoms with Crippen LogP contribution in [0.2, 0.25) is 0 Å². The van der Waals surface area contributed by atoms with E-state index in [0.717, 1.165) is 25.0 Å². The lowest BCUT2D eigenvalue weighted by Crippen LogP contribution is -2.40. The first-order valence-electron chi connectivity index (χ1n) is 7.59. The Morgan fingerprint density at radius 1 is 1.22 bits per heavy atom. The molecule has 1 atom stereocenters. The van der Waals surface area contributed by atoms with Gasteiger partial charge in [0.15, 0.2) is 5.96 Å². The minimum atomic E-state index is 0.765. The molecule has 2 fully saturated rings. The third-order valence-corrected chi connectivity index (χ3v) is 4.06. The lowest BCUT2D eigenvalue weighted by Gasteiger charge is -2.21. The highest BCUT2D eigenvalue weighted by Gasteiger charge is 2.21. The number of aliphatic imine (C=N–C) groups is 1. The van der Waals surface area contributed by atoms with Crippen LogP contribution in [0.3, 0.4) is 0 Å². The van der Waals surface area contributed by atoms with Gasteiger partial charge in [-0.2, -0.15) is 0 Å². The number of hydrogen-bond donors (Lipinski definition) is 1. The first-order valence-corrected chi connectivity index (χ1v) is 7.59. The lowest BCUT2D eigenvalue weighted by atomic mass is 10.1. The number of likely N-dealkylation sites (tertiary alicyclic amines) is 2. The van der Waals surface area contributed by atoms with Crippen molar-refractivity contribution in [3.8, 4) is 0 Å². The molecule has 0 bridgehead atoms. The van der Waals surface area contributed by atoms with Crippen molar-refractivity contribution in [3.63, 3.8) is 0 Å². The Morgan fingerprint density at radius 3 is 2.61 bits per heavy atom. The van der Waals surface area contributed by atoms with Gasteiger partial charge >= 0.3 is 0 Å². The van der Waals surface area contributed by atoms with Crippen LogP contribution in [0, 0.1) is 5.92 Å². The molecular weight excluding hydrogens is 224 g/mol. The van der Waals surface area contributed by atoms with Gasteiger partial charge in [0.05, 0.1) is 0 Å². The zero-order valence-electron chi connectivity index (χ0n) is 12.0. The van der Waals surface area contributed by atoms with Crippen LogP contribution in [0.5, 0.6) is 0 Å². The molecule has 104 valence electrons. The molecule has 18 heavy (non-hydrogen) atoms. The van der Waals surface area contributed by atoms with E-state index < -0.39 is 0 Å². The zero-order chi connectivity index (χ0) is 12.8. The average molecular weight is 252 g/mol. The molecule has 4 nitrogen and oxygen atoms in total. The van der Waals surface area contributed by atoms with Crippen LogP contribution in [0.4, 0.5) is 0 Å². The number of nitrogens with zero attached hydrogens (tertiary/aromatic N) is 3. The van der Waals surface area contributed by atoms with Crippen LogP contribution in [0.25, 0.3) is 0 Å². The molecule has 2 saturated heterocycles. The van der Waals surface area contributed by atoms with Crippen molar-refractivity contribution in [2.24, 2.45) is 10.9 Å². The Labute approximate surface area is 111 Å². The second-order valence-corrected chi connectivity index (χ2v) is 5.44. The van der Waals surface area contributed by atoms with Gasteiger partial charge in [-0.15, -0.1) is 0 Å². The van der Waals surface area contributed by atoms with Crippen LogP contribution < -0.4 is 5.32 Å². The summed E-state index contributed by atoms with van der Waals surface area (Å²) >= 11 is 0. The van der Waals surface area contributed by atoms with Crippen molar-refractivity contribution < 1.29 is 0 Å². The molecule has 2 rings (SSSR count). The third-order valence-electron chi connectivity index (χ3n) is 4.06. The molecule has 2 aliphatic heterocycles. The maximum absolute atomic E-state index is 4.85. The highest BCUT2D eigenvalue weighted by molar-refractivity contribution is 5.80. The van der Waals surface area contributed by atoms with E-state index in [-0.39, 0.29) is 0 Å². The van der Waals surface area contributed by atoms with Crippen LogP contribution in [0.15, 0.2) is 4.99 Å². The SMILES string of the molecule is CCNC(=NCC1CCN(CC)C1)N1CCCC1. The lowest BCUT2D eigenvalue weighted by molar-refractivity contribution is 0.343. The summed E-state index contributed by atoms with van der Waals surface area (Å²) in [6.45, 7) is 12.4. The van der Waals surface area contributed by atoms with Gasteiger partial charge in [-0.25, -0.2) is 0 Å². The topological polar surface area (TPSA) is 30.9 Å². The minimum Gasteiger partial charge on any atom is -0.357 e. The molecular formula is C14H28N4. The monoisotopic (exact) mass is 252 g/mol. The molecule has 0 aromatic carbocycles. The summed E-state index contributed by atoms with van der Waals surface area (Å²) in [5.41, 5.74) is 0. The Kier molecular flexibility index (Phi) is 5.29. The van der Waals surface area contributed by atoms with Crippen molar-refractivity contribution in [2.45, 2.75) is 33.1 Å². The van der Waals surface area contributed by atoms with E-state index in [2.05, 4.69) is 29.0 Å². The average Bonchev–Trinajstić information content (AvgIpc) is 3.05. The molecule has 2 heterocycles. The molecule has 0 spiro atoms. The standard InChI is InChI=1S/C14H28N4/c1-3-15-14(18-8-5-6-9-18)16-11-13-7-10-17(4-2)12-13/h13H,3-12H2,1-2H3,(H,15,16). The number of nitrogens with one attached hydrogen (secondary N) is 1. The highest BCUT2D eigenvalue weighted by Crippen LogP contribution is 2.16. The highest BCUT2D eigenvalue weighted by atomic mass is 15.3. The van der Waals surface area contributed by atoms with Crippen molar-refractivity contribution in [1.29, 1.82) is 0 Å². The maximum Gasteiger partial charge on any atom is 0.193 e. The molecule has 0 amide bonds. The van der Waals surface area contributed by atoms with Crippen molar-refractivity contribution in [1.82, 2.24) is 15.1 Å².